The van der Waals surface area contributed by atoms with Crippen molar-refractivity contribution in [1.82, 2.24) is 0 Å². The van der Waals surface area contributed by atoms with E-state index in [0.29, 0.717) is 10.5 Å². The lowest BCUT2D eigenvalue weighted by Crippen LogP contribution is -2.15. The van der Waals surface area contributed by atoms with Crippen LogP contribution in [0.3, 0.4) is 0 Å². The largest absolute Gasteiger partial charge is 0.176 e. The number of benzene rings is 1. The van der Waals surface area contributed by atoms with Crippen LogP contribution in [0.1, 0.15) is 22.8 Å². The van der Waals surface area contributed by atoms with E-state index in [1.165, 1.54) is 11.1 Å². The van der Waals surface area contributed by atoms with Gasteiger partial charge in [0, 0.05) is 10.5 Å². The van der Waals surface area contributed by atoms with Crippen LogP contribution in [0.25, 0.3) is 0 Å². The van der Waals surface area contributed by atoms with Crippen LogP contribution in [0.4, 0.5) is 0 Å². The molecule has 0 radical (unpaired) electrons. The molecule has 2 heteroatoms. The highest BCUT2D eigenvalue weighted by atomic mass is 32.1. The van der Waals surface area contributed by atoms with E-state index >= 15 is 0 Å². The van der Waals surface area contributed by atoms with Gasteiger partial charge in [0.2, 0.25) is 0 Å². The molecule has 0 amide bonds. The van der Waals surface area contributed by atoms with Gasteiger partial charge in [0.1, 0.15) is 0 Å². The summed E-state index contributed by atoms with van der Waals surface area (Å²) < 4.78 is 0. The van der Waals surface area contributed by atoms with Crippen LogP contribution in [0, 0.1) is 0 Å². The van der Waals surface area contributed by atoms with Gasteiger partial charge in [-0.2, -0.15) is 25.3 Å². The van der Waals surface area contributed by atoms with Gasteiger partial charge >= 0.3 is 0 Å². The van der Waals surface area contributed by atoms with Crippen molar-refractivity contribution in [3.8, 4) is 0 Å². The second kappa shape index (κ2) is 3.35. The van der Waals surface area contributed by atoms with Gasteiger partial charge in [-0.3, -0.25) is 0 Å². The lowest BCUT2D eigenvalue weighted by atomic mass is 9.91. The maximum atomic E-state index is 4.55. The zero-order valence-corrected chi connectivity index (χ0v) is 8.56. The first-order valence-electron chi connectivity index (χ1n) is 4.21. The van der Waals surface area contributed by atoms with Gasteiger partial charge in [-0.25, -0.2) is 0 Å². The summed E-state index contributed by atoms with van der Waals surface area (Å²) in [5, 5.41) is 0.875. The Morgan fingerprint density at radius 3 is 2.75 bits per heavy atom. The molecule has 1 aromatic rings. The molecular weight excluding hydrogens is 184 g/mol. The Bertz CT molecular complexity index is 283. The molecule has 1 aliphatic rings. The molecule has 0 spiro atoms. The molecule has 0 aliphatic heterocycles. The fourth-order valence-electron chi connectivity index (χ4n) is 1.77. The first-order chi connectivity index (χ1) is 5.77. The number of fused-ring (bicyclic) bond motifs is 1. The number of hydrogen-bond donors (Lipinski definition) is 2. The summed E-state index contributed by atoms with van der Waals surface area (Å²) in [4.78, 5) is 0. The third-order valence-corrected chi connectivity index (χ3v) is 3.25. The molecule has 0 bridgehead atoms. The highest BCUT2D eigenvalue weighted by molar-refractivity contribution is 7.81. The van der Waals surface area contributed by atoms with Crippen LogP contribution in [0.5, 0.6) is 0 Å². The summed E-state index contributed by atoms with van der Waals surface area (Å²) in [6.07, 6.45) is 2.18. The Morgan fingerprint density at radius 1 is 1.17 bits per heavy atom. The summed E-state index contributed by atoms with van der Waals surface area (Å²) in [5.41, 5.74) is 2.81. The molecular formula is C10H12S2. The molecule has 0 fully saturated rings. The summed E-state index contributed by atoms with van der Waals surface area (Å²) in [6, 6.07) is 8.53. The lowest BCUT2D eigenvalue weighted by molar-refractivity contribution is 0.697. The maximum absolute atomic E-state index is 4.55. The van der Waals surface area contributed by atoms with E-state index in [4.69, 9.17) is 0 Å². The number of rotatable bonds is 0. The van der Waals surface area contributed by atoms with Crippen LogP contribution in [0.2, 0.25) is 0 Å². The van der Waals surface area contributed by atoms with Crippen molar-refractivity contribution in [2.24, 2.45) is 0 Å². The van der Waals surface area contributed by atoms with Gasteiger partial charge in [0.15, 0.2) is 0 Å². The molecule has 2 rings (SSSR count). The molecule has 1 aromatic carbocycles. The normalized spacial score (nSPS) is 28.2. The Balaban J connectivity index is 2.40. The molecule has 0 nitrogen and oxygen atoms in total. The van der Waals surface area contributed by atoms with Crippen LogP contribution >= 0.6 is 25.3 Å². The minimum absolute atomic E-state index is 0.387. The molecule has 12 heavy (non-hydrogen) atoms. The molecule has 0 saturated heterocycles. The summed E-state index contributed by atoms with van der Waals surface area (Å²) in [7, 11) is 0. The molecule has 0 saturated carbocycles. The van der Waals surface area contributed by atoms with Gasteiger partial charge in [-0.1, -0.05) is 24.3 Å². The Hall–Kier alpha value is -0.0800. The molecule has 0 N–H and O–H groups in total. The highest BCUT2D eigenvalue weighted by Crippen LogP contribution is 2.35. The summed E-state index contributed by atoms with van der Waals surface area (Å²) in [6.45, 7) is 0. The SMILES string of the molecule is SC1Cc2ccccc2C(S)C1. The van der Waals surface area contributed by atoms with E-state index in [2.05, 4.69) is 49.5 Å². The van der Waals surface area contributed by atoms with E-state index in [1.807, 2.05) is 0 Å². The summed E-state index contributed by atoms with van der Waals surface area (Å²) >= 11 is 9.05. The third kappa shape index (κ3) is 1.50. The molecule has 2 unspecified atom stereocenters. The fraction of sp³-hybridized carbons (Fsp3) is 0.400. The van der Waals surface area contributed by atoms with E-state index in [1.54, 1.807) is 0 Å². The van der Waals surface area contributed by atoms with E-state index < -0.39 is 0 Å². The van der Waals surface area contributed by atoms with E-state index in [0.717, 1.165) is 12.8 Å². The second-order valence-corrected chi connectivity index (χ2v) is 4.66. The predicted molar refractivity (Wildman–Crippen MR) is 59.3 cm³/mol. The van der Waals surface area contributed by atoms with E-state index in [9.17, 15) is 0 Å². The van der Waals surface area contributed by atoms with Gasteiger partial charge < -0.3 is 0 Å². The van der Waals surface area contributed by atoms with Crippen molar-refractivity contribution in [2.45, 2.75) is 23.3 Å². The fourth-order valence-corrected chi connectivity index (χ4v) is 2.85. The monoisotopic (exact) mass is 196 g/mol. The minimum Gasteiger partial charge on any atom is -0.176 e. The van der Waals surface area contributed by atoms with E-state index in [-0.39, 0.29) is 0 Å². The molecule has 0 aromatic heterocycles. The zero-order valence-electron chi connectivity index (χ0n) is 6.77. The smallest absolute Gasteiger partial charge is 0.0280 e. The first kappa shape index (κ1) is 8.52. The maximum Gasteiger partial charge on any atom is 0.0280 e. The molecule has 64 valence electrons. The summed E-state index contributed by atoms with van der Waals surface area (Å²) in [5.74, 6) is 0. The van der Waals surface area contributed by atoms with Crippen LogP contribution in [0.15, 0.2) is 24.3 Å². The van der Waals surface area contributed by atoms with Gasteiger partial charge in [-0.05, 0) is 24.0 Å². The topological polar surface area (TPSA) is 0 Å². The molecule has 2 atom stereocenters. The van der Waals surface area contributed by atoms with Crippen molar-refractivity contribution in [2.75, 3.05) is 0 Å². The van der Waals surface area contributed by atoms with Crippen molar-refractivity contribution < 1.29 is 0 Å². The number of thiol groups is 2. The minimum atomic E-state index is 0.387. The van der Waals surface area contributed by atoms with Crippen LogP contribution in [-0.2, 0) is 6.42 Å². The average Bonchev–Trinajstić information content (AvgIpc) is 2.04. The Morgan fingerprint density at radius 2 is 1.92 bits per heavy atom. The van der Waals surface area contributed by atoms with Crippen molar-refractivity contribution >= 4 is 25.3 Å². The lowest BCUT2D eigenvalue weighted by Gasteiger charge is -2.25. The Kier molecular flexibility index (Phi) is 2.37. The quantitative estimate of drug-likeness (QED) is 0.586. The standard InChI is InChI=1S/C10H12S2/c11-8-5-7-3-1-2-4-9(7)10(12)6-8/h1-4,8,10-12H,5-6H2. The van der Waals surface area contributed by atoms with Gasteiger partial charge in [0.25, 0.3) is 0 Å². The predicted octanol–water partition coefficient (Wildman–Crippen LogP) is 2.90. The van der Waals surface area contributed by atoms with Crippen molar-refractivity contribution in [1.29, 1.82) is 0 Å². The second-order valence-electron chi connectivity index (χ2n) is 3.31. The molecule has 1 aliphatic carbocycles. The first-order valence-corrected chi connectivity index (χ1v) is 5.24. The molecule has 0 heterocycles. The van der Waals surface area contributed by atoms with Gasteiger partial charge in [0.05, 0.1) is 0 Å². The van der Waals surface area contributed by atoms with Crippen molar-refractivity contribution in [3.05, 3.63) is 35.4 Å². The average molecular weight is 196 g/mol. The zero-order chi connectivity index (χ0) is 8.55. The van der Waals surface area contributed by atoms with Crippen LogP contribution < -0.4 is 0 Å². The van der Waals surface area contributed by atoms with Crippen molar-refractivity contribution in [3.63, 3.8) is 0 Å². The highest BCUT2D eigenvalue weighted by Gasteiger charge is 2.21. The number of hydrogen-bond acceptors (Lipinski definition) is 2. The van der Waals surface area contributed by atoms with Gasteiger partial charge in [-0.15, -0.1) is 0 Å². The Labute approximate surface area is 84.2 Å². The van der Waals surface area contributed by atoms with Crippen LogP contribution in [-0.4, -0.2) is 5.25 Å². The third-order valence-electron chi connectivity index (χ3n) is 2.36.